The first-order chi connectivity index (χ1) is 13.2. The number of aryl methyl sites for hydroxylation is 2. The number of fused-ring (bicyclic) bond motifs is 3. The van der Waals surface area contributed by atoms with Crippen LogP contribution in [0.4, 0.5) is 5.82 Å². The van der Waals surface area contributed by atoms with Gasteiger partial charge in [-0.15, -0.1) is 16.4 Å². The fourth-order valence-electron chi connectivity index (χ4n) is 3.50. The second kappa shape index (κ2) is 6.38. The third-order valence-electron chi connectivity index (χ3n) is 5.01. The van der Waals surface area contributed by atoms with E-state index in [9.17, 15) is 0 Å². The Balaban J connectivity index is 1.50. The molecule has 0 radical (unpaired) electrons. The number of anilines is 1. The van der Waals surface area contributed by atoms with Gasteiger partial charge in [0.1, 0.15) is 23.1 Å². The third-order valence-corrected chi connectivity index (χ3v) is 6.07. The summed E-state index contributed by atoms with van der Waals surface area (Å²) in [5.74, 6) is 1.62. The van der Waals surface area contributed by atoms with Crippen LogP contribution < -0.4 is 9.64 Å². The average molecular weight is 378 g/mol. The van der Waals surface area contributed by atoms with E-state index < -0.39 is 0 Å². The highest BCUT2D eigenvalue weighted by atomic mass is 32.1. The Labute approximate surface area is 160 Å². The van der Waals surface area contributed by atoms with E-state index in [1.165, 1.54) is 0 Å². The first-order valence-corrected chi connectivity index (χ1v) is 9.72. The first kappa shape index (κ1) is 16.3. The Morgan fingerprint density at radius 3 is 2.93 bits per heavy atom. The van der Waals surface area contributed by atoms with Gasteiger partial charge in [-0.3, -0.25) is 0 Å². The van der Waals surface area contributed by atoms with Gasteiger partial charge in [0, 0.05) is 30.6 Å². The molecule has 1 fully saturated rings. The molecule has 5 rings (SSSR count). The normalized spacial score (nSPS) is 17.1. The fourth-order valence-corrected chi connectivity index (χ4v) is 4.65. The van der Waals surface area contributed by atoms with Gasteiger partial charge in [-0.1, -0.05) is 6.07 Å². The summed E-state index contributed by atoms with van der Waals surface area (Å²) in [7, 11) is 0. The molecule has 4 aromatic heterocycles. The molecule has 1 atom stereocenters. The third kappa shape index (κ3) is 2.76. The molecular formula is C19H18N6OS. The molecule has 0 aliphatic carbocycles. The van der Waals surface area contributed by atoms with Gasteiger partial charge in [0.25, 0.3) is 0 Å². The monoisotopic (exact) mass is 378 g/mol. The Morgan fingerprint density at radius 1 is 1.15 bits per heavy atom. The topological polar surface area (TPSA) is 76.9 Å². The predicted octanol–water partition coefficient (Wildman–Crippen LogP) is 3.30. The molecule has 4 aromatic rings. The van der Waals surface area contributed by atoms with E-state index in [4.69, 9.17) is 4.74 Å². The molecule has 136 valence electrons. The van der Waals surface area contributed by atoms with Crippen molar-refractivity contribution in [2.75, 3.05) is 18.0 Å². The molecule has 8 heteroatoms. The van der Waals surface area contributed by atoms with Gasteiger partial charge in [0.05, 0.1) is 22.5 Å². The Bertz CT molecular complexity index is 1130. The van der Waals surface area contributed by atoms with Crippen molar-refractivity contribution >= 4 is 37.6 Å². The van der Waals surface area contributed by atoms with Crippen LogP contribution >= 0.6 is 11.3 Å². The van der Waals surface area contributed by atoms with Crippen LogP contribution in [-0.4, -0.2) is 44.3 Å². The quantitative estimate of drug-likeness (QED) is 0.541. The van der Waals surface area contributed by atoms with Crippen LogP contribution in [0.2, 0.25) is 0 Å². The van der Waals surface area contributed by atoms with Gasteiger partial charge >= 0.3 is 0 Å². The lowest BCUT2D eigenvalue weighted by molar-refractivity contribution is 0.216. The van der Waals surface area contributed by atoms with E-state index in [2.05, 4.69) is 37.0 Å². The highest BCUT2D eigenvalue weighted by Crippen LogP contribution is 2.38. The summed E-state index contributed by atoms with van der Waals surface area (Å²) in [6.45, 7) is 5.72. The molecule has 1 aliphatic rings. The van der Waals surface area contributed by atoms with Gasteiger partial charge in [-0.25, -0.2) is 15.0 Å². The lowest BCUT2D eigenvalue weighted by atomic mass is 10.1. The summed E-state index contributed by atoms with van der Waals surface area (Å²) in [6, 6.07) is 5.71. The number of thiophene rings is 1. The van der Waals surface area contributed by atoms with E-state index >= 15 is 0 Å². The van der Waals surface area contributed by atoms with Gasteiger partial charge < -0.3 is 9.64 Å². The molecule has 7 nitrogen and oxygen atoms in total. The lowest BCUT2D eigenvalue weighted by Gasteiger charge is -2.18. The minimum Gasteiger partial charge on any atom is -0.472 e. The standard InChI is InChI=1S/C19H18N6OS/c1-11-12(2)23-24-19-15(11)16-17(27-19)18(22-10-21-16)25-8-6-13(9-25)26-14-5-3-4-7-20-14/h3-5,7,10,13H,6,8-9H2,1-2H3/t13-/m0/s1. The van der Waals surface area contributed by atoms with Crippen LogP contribution in [-0.2, 0) is 0 Å². The minimum atomic E-state index is 0.100. The number of ether oxygens (including phenoxy) is 1. The maximum Gasteiger partial charge on any atom is 0.213 e. The molecule has 0 saturated carbocycles. The Kier molecular flexibility index (Phi) is 3.86. The largest absolute Gasteiger partial charge is 0.472 e. The molecule has 0 amide bonds. The van der Waals surface area contributed by atoms with E-state index in [1.807, 2.05) is 25.1 Å². The van der Waals surface area contributed by atoms with Gasteiger partial charge in [-0.2, -0.15) is 5.10 Å². The summed E-state index contributed by atoms with van der Waals surface area (Å²) in [4.78, 5) is 16.6. The molecule has 0 bridgehead atoms. The molecule has 0 N–H and O–H groups in total. The smallest absolute Gasteiger partial charge is 0.213 e. The zero-order chi connectivity index (χ0) is 18.4. The lowest BCUT2D eigenvalue weighted by Crippen LogP contribution is -2.25. The Hall–Kier alpha value is -2.87. The number of pyridine rings is 1. The van der Waals surface area contributed by atoms with Gasteiger partial charge in [0.15, 0.2) is 0 Å². The van der Waals surface area contributed by atoms with Crippen LogP contribution in [0.1, 0.15) is 17.7 Å². The van der Waals surface area contributed by atoms with Crippen molar-refractivity contribution in [2.45, 2.75) is 26.4 Å². The first-order valence-electron chi connectivity index (χ1n) is 8.90. The summed E-state index contributed by atoms with van der Waals surface area (Å²) in [5, 5.41) is 9.72. The number of hydrogen-bond donors (Lipinski definition) is 0. The molecule has 27 heavy (non-hydrogen) atoms. The molecule has 1 aliphatic heterocycles. The predicted molar refractivity (Wildman–Crippen MR) is 105 cm³/mol. The van der Waals surface area contributed by atoms with Gasteiger partial charge in [-0.05, 0) is 25.5 Å². The van der Waals surface area contributed by atoms with E-state index in [1.54, 1.807) is 23.9 Å². The highest BCUT2D eigenvalue weighted by molar-refractivity contribution is 7.26. The highest BCUT2D eigenvalue weighted by Gasteiger charge is 2.28. The molecule has 0 unspecified atom stereocenters. The van der Waals surface area contributed by atoms with Gasteiger partial charge in [0.2, 0.25) is 5.88 Å². The second-order valence-electron chi connectivity index (χ2n) is 6.71. The Morgan fingerprint density at radius 2 is 2.07 bits per heavy atom. The maximum absolute atomic E-state index is 6.02. The molecular weight excluding hydrogens is 360 g/mol. The summed E-state index contributed by atoms with van der Waals surface area (Å²) in [5.41, 5.74) is 3.03. The van der Waals surface area contributed by atoms with Crippen molar-refractivity contribution in [3.63, 3.8) is 0 Å². The van der Waals surface area contributed by atoms with E-state index in [-0.39, 0.29) is 6.10 Å². The van der Waals surface area contributed by atoms with Crippen LogP contribution in [0.15, 0.2) is 30.7 Å². The van der Waals surface area contributed by atoms with E-state index in [0.29, 0.717) is 5.88 Å². The second-order valence-corrected chi connectivity index (χ2v) is 7.71. The van der Waals surface area contributed by atoms with Crippen molar-refractivity contribution in [1.29, 1.82) is 0 Å². The molecule has 0 spiro atoms. The minimum absolute atomic E-state index is 0.100. The van der Waals surface area contributed by atoms with Crippen LogP contribution in [0.25, 0.3) is 20.4 Å². The SMILES string of the molecule is Cc1nnc2sc3c(N4CC[C@H](Oc5ccccn5)C4)ncnc3c2c1C. The van der Waals surface area contributed by atoms with Crippen molar-refractivity contribution in [3.8, 4) is 5.88 Å². The van der Waals surface area contributed by atoms with Crippen molar-refractivity contribution < 1.29 is 4.74 Å². The van der Waals surface area contributed by atoms with Crippen LogP contribution in [0.3, 0.4) is 0 Å². The molecule has 5 heterocycles. The zero-order valence-electron chi connectivity index (χ0n) is 15.1. The summed E-state index contributed by atoms with van der Waals surface area (Å²) < 4.78 is 7.08. The number of hydrogen-bond acceptors (Lipinski definition) is 8. The van der Waals surface area contributed by atoms with Crippen molar-refractivity contribution in [2.24, 2.45) is 0 Å². The maximum atomic E-state index is 6.02. The van der Waals surface area contributed by atoms with Crippen molar-refractivity contribution in [3.05, 3.63) is 42.0 Å². The summed E-state index contributed by atoms with van der Waals surface area (Å²) in [6.07, 6.45) is 4.43. The fraction of sp³-hybridized carbons (Fsp3) is 0.316. The van der Waals surface area contributed by atoms with Crippen molar-refractivity contribution in [1.82, 2.24) is 25.1 Å². The van der Waals surface area contributed by atoms with Crippen LogP contribution in [0, 0.1) is 13.8 Å². The van der Waals surface area contributed by atoms with Crippen LogP contribution in [0.5, 0.6) is 5.88 Å². The molecule has 0 aromatic carbocycles. The number of rotatable bonds is 3. The number of aromatic nitrogens is 5. The summed E-state index contributed by atoms with van der Waals surface area (Å²) >= 11 is 1.61. The van der Waals surface area contributed by atoms with E-state index in [0.717, 1.165) is 57.0 Å². The average Bonchev–Trinajstić information content (AvgIpc) is 3.30. The zero-order valence-corrected chi connectivity index (χ0v) is 15.9. The molecule has 1 saturated heterocycles. The number of nitrogens with zero attached hydrogens (tertiary/aromatic N) is 6.